The molecule has 0 aromatic rings. The van der Waals surface area contributed by atoms with E-state index in [-0.39, 0.29) is 6.23 Å². The molecule has 0 bridgehead atoms. The van der Waals surface area contributed by atoms with Gasteiger partial charge in [-0.3, -0.25) is 0 Å². The van der Waals surface area contributed by atoms with Crippen molar-refractivity contribution in [1.82, 2.24) is 9.76 Å². The second kappa shape index (κ2) is 6.31. The third-order valence-corrected chi connectivity index (χ3v) is 5.59. The van der Waals surface area contributed by atoms with Crippen LogP contribution in [0.4, 0.5) is 0 Å². The predicted octanol–water partition coefficient (Wildman–Crippen LogP) is 0.786. The lowest BCUT2D eigenvalue weighted by molar-refractivity contribution is -0.220. The Bertz CT molecular complexity index is 258. The summed E-state index contributed by atoms with van der Waals surface area (Å²) in [5.41, 5.74) is 0. The average Bonchev–Trinajstić information content (AvgIpc) is 2.75. The van der Waals surface area contributed by atoms with E-state index < -0.39 is 8.02 Å². The van der Waals surface area contributed by atoms with Crippen molar-refractivity contribution in [2.24, 2.45) is 5.92 Å². The van der Waals surface area contributed by atoms with Gasteiger partial charge in [0.05, 0.1) is 13.1 Å². The minimum Gasteiger partial charge on any atom is -0.626 e. The normalized spacial score (nSPS) is 37.4. The minimum atomic E-state index is -3.04. The van der Waals surface area contributed by atoms with Crippen LogP contribution in [0.1, 0.15) is 6.42 Å². The summed E-state index contributed by atoms with van der Waals surface area (Å²) in [6.07, 6.45) is 0.783. The molecular weight excluding hydrogens is 286 g/mol. The Hall–Kier alpha value is 0.810. The molecule has 100 valence electrons. The largest absolute Gasteiger partial charge is 0.626 e. The van der Waals surface area contributed by atoms with Gasteiger partial charge < -0.3 is 9.63 Å². The molecule has 2 aliphatic rings. The zero-order valence-electron chi connectivity index (χ0n) is 9.48. The number of rotatable bonds is 5. The molecule has 0 spiro atoms. The summed E-state index contributed by atoms with van der Waals surface area (Å²) in [5.74, 6) is 1.08. The molecule has 0 radical (unpaired) electrons. The molecule has 17 heavy (non-hydrogen) atoms. The second-order valence-corrected chi connectivity index (χ2v) is 7.00. The summed E-state index contributed by atoms with van der Waals surface area (Å²) in [6, 6.07) is 0. The van der Waals surface area contributed by atoms with Crippen LogP contribution in [0.3, 0.4) is 0 Å². The van der Waals surface area contributed by atoms with Crippen LogP contribution < -0.4 is 9.98 Å². The van der Waals surface area contributed by atoms with Gasteiger partial charge in [-0.2, -0.15) is 0 Å². The highest BCUT2D eigenvalue weighted by Gasteiger charge is 2.48. The van der Waals surface area contributed by atoms with Crippen LogP contribution >= 0.6 is 31.2 Å². The zero-order chi connectivity index (χ0) is 12.3. The van der Waals surface area contributed by atoms with Crippen molar-refractivity contribution in [2.75, 3.05) is 38.1 Å². The molecule has 1 unspecified atom stereocenters. The van der Waals surface area contributed by atoms with Crippen molar-refractivity contribution < 1.29 is 14.2 Å². The SMILES string of the molecule is [O-][P+]1(N(CCCl)CCCl)N[C@@H]2OCC[C@@H]2CO1. The second-order valence-electron chi connectivity index (χ2n) is 4.12. The fourth-order valence-electron chi connectivity index (χ4n) is 2.08. The summed E-state index contributed by atoms with van der Waals surface area (Å²) >= 11 is 11.4. The van der Waals surface area contributed by atoms with Crippen LogP contribution in [0.15, 0.2) is 0 Å². The van der Waals surface area contributed by atoms with Crippen LogP contribution in [-0.2, 0) is 9.26 Å². The predicted molar refractivity (Wildman–Crippen MR) is 66.9 cm³/mol. The average molecular weight is 303 g/mol. The number of hydrogen-bond donors (Lipinski definition) is 1. The van der Waals surface area contributed by atoms with Crippen molar-refractivity contribution in [1.29, 1.82) is 0 Å². The van der Waals surface area contributed by atoms with Crippen molar-refractivity contribution in [3.63, 3.8) is 0 Å². The number of halogens is 2. The van der Waals surface area contributed by atoms with E-state index in [4.69, 9.17) is 32.5 Å². The Balaban J connectivity index is 2.00. The lowest BCUT2D eigenvalue weighted by Crippen LogP contribution is -2.52. The van der Waals surface area contributed by atoms with Crippen LogP contribution in [0, 0.1) is 5.92 Å². The van der Waals surface area contributed by atoms with E-state index >= 15 is 0 Å². The molecule has 0 amide bonds. The third-order valence-electron chi connectivity index (χ3n) is 3.03. The van der Waals surface area contributed by atoms with E-state index in [1.54, 1.807) is 4.67 Å². The van der Waals surface area contributed by atoms with E-state index in [9.17, 15) is 4.89 Å². The Kier molecular flexibility index (Phi) is 5.28. The summed E-state index contributed by atoms with van der Waals surface area (Å²) in [7, 11) is -3.04. The number of hydrogen-bond acceptors (Lipinski definition) is 5. The van der Waals surface area contributed by atoms with Gasteiger partial charge in [-0.15, -0.1) is 33.0 Å². The van der Waals surface area contributed by atoms with Gasteiger partial charge in [0.2, 0.25) is 0 Å². The van der Waals surface area contributed by atoms with Gasteiger partial charge in [-0.25, -0.2) is 4.52 Å². The topological polar surface area (TPSA) is 56.8 Å². The van der Waals surface area contributed by atoms with Gasteiger partial charge in [-0.1, -0.05) is 0 Å². The third kappa shape index (κ3) is 3.23. The first-order valence-corrected chi connectivity index (χ1v) is 8.35. The monoisotopic (exact) mass is 302 g/mol. The summed E-state index contributed by atoms with van der Waals surface area (Å²) in [4.78, 5) is 12.7. The van der Waals surface area contributed by atoms with Crippen LogP contribution in [0.25, 0.3) is 0 Å². The van der Waals surface area contributed by atoms with E-state index in [1.165, 1.54) is 0 Å². The molecule has 1 N–H and O–H groups in total. The first kappa shape index (κ1) is 14.2. The molecule has 2 fully saturated rings. The molecular formula is C9H17Cl2N2O3P. The maximum atomic E-state index is 12.7. The Morgan fingerprint density at radius 2 is 2.06 bits per heavy atom. The smallest absolute Gasteiger partial charge is 0.252 e. The van der Waals surface area contributed by atoms with Crippen molar-refractivity contribution in [3.8, 4) is 0 Å². The fraction of sp³-hybridized carbons (Fsp3) is 1.00. The summed E-state index contributed by atoms with van der Waals surface area (Å²) in [5, 5.41) is 2.98. The highest BCUT2D eigenvalue weighted by molar-refractivity contribution is 7.59. The van der Waals surface area contributed by atoms with Crippen molar-refractivity contribution >= 4 is 31.2 Å². The van der Waals surface area contributed by atoms with Crippen LogP contribution in [0.2, 0.25) is 0 Å². The molecule has 5 nitrogen and oxygen atoms in total. The molecule has 2 saturated heterocycles. The molecule has 8 heteroatoms. The lowest BCUT2D eigenvalue weighted by atomic mass is 10.1. The molecule has 0 saturated carbocycles. The number of fused-ring (bicyclic) bond motifs is 1. The molecule has 2 heterocycles. The Labute approximate surface area is 112 Å². The Morgan fingerprint density at radius 3 is 2.71 bits per heavy atom. The number of ether oxygens (including phenoxy) is 1. The summed E-state index contributed by atoms with van der Waals surface area (Å²) in [6.45, 7) is 2.12. The number of alkyl halides is 2. The maximum absolute atomic E-state index is 12.7. The van der Waals surface area contributed by atoms with Crippen molar-refractivity contribution in [2.45, 2.75) is 12.6 Å². The number of nitrogens with one attached hydrogen (secondary N) is 1. The van der Waals surface area contributed by atoms with E-state index in [1.807, 2.05) is 0 Å². The maximum Gasteiger partial charge on any atom is 0.252 e. The lowest BCUT2D eigenvalue weighted by Gasteiger charge is -2.42. The first-order valence-electron chi connectivity index (χ1n) is 5.71. The fourth-order valence-corrected chi connectivity index (χ4v) is 4.85. The Morgan fingerprint density at radius 1 is 1.35 bits per heavy atom. The zero-order valence-corrected chi connectivity index (χ0v) is 11.9. The highest BCUT2D eigenvalue weighted by Crippen LogP contribution is 2.55. The number of nitrogens with zero attached hydrogens (tertiary/aromatic N) is 1. The quantitative estimate of drug-likeness (QED) is 0.601. The van der Waals surface area contributed by atoms with Gasteiger partial charge in [0.25, 0.3) is 8.02 Å². The van der Waals surface area contributed by atoms with Crippen molar-refractivity contribution in [3.05, 3.63) is 0 Å². The van der Waals surface area contributed by atoms with Gasteiger partial charge in [-0.05, 0) is 6.42 Å². The van der Waals surface area contributed by atoms with E-state index in [0.717, 1.165) is 6.42 Å². The highest BCUT2D eigenvalue weighted by atomic mass is 35.5. The summed E-state index contributed by atoms with van der Waals surface area (Å²) < 4.78 is 12.7. The molecule has 3 atom stereocenters. The van der Waals surface area contributed by atoms with Crippen LogP contribution in [-0.4, -0.2) is 49.0 Å². The van der Waals surface area contributed by atoms with Gasteiger partial charge in [0.1, 0.15) is 12.8 Å². The standard InChI is InChI=1S/C9H17Cl2N2O3P/c10-2-4-13(5-3-11)17(14)12-9-8(7-16-17)1-6-15-9/h8-9H,1-7H2,(H,12,14)/t8-,9-,17?/m1/s1. The van der Waals surface area contributed by atoms with Gasteiger partial charge >= 0.3 is 0 Å². The molecule has 0 aromatic heterocycles. The molecule has 0 aliphatic carbocycles. The molecule has 2 aliphatic heterocycles. The van der Waals surface area contributed by atoms with Crippen LogP contribution in [0.5, 0.6) is 0 Å². The molecule has 0 aromatic carbocycles. The van der Waals surface area contributed by atoms with E-state index in [0.29, 0.717) is 44.0 Å². The minimum absolute atomic E-state index is 0.164. The van der Waals surface area contributed by atoms with Gasteiger partial charge in [0.15, 0.2) is 0 Å². The molecule has 2 rings (SSSR count). The van der Waals surface area contributed by atoms with Gasteiger partial charge in [0, 0.05) is 24.3 Å². The first-order chi connectivity index (χ1) is 8.19. The van der Waals surface area contributed by atoms with E-state index in [2.05, 4.69) is 5.09 Å².